The quantitative estimate of drug-likeness (QED) is 0.667. The van der Waals surface area contributed by atoms with E-state index in [4.69, 9.17) is 9.47 Å². The molecule has 24 heavy (non-hydrogen) atoms. The average Bonchev–Trinajstić information content (AvgIpc) is 2.84. The molecule has 6 heteroatoms. The fourth-order valence-corrected chi connectivity index (χ4v) is 2.94. The number of fused-ring (bicyclic) bond motifs is 1. The van der Waals surface area contributed by atoms with Crippen LogP contribution in [0.3, 0.4) is 0 Å². The van der Waals surface area contributed by atoms with E-state index >= 15 is 0 Å². The summed E-state index contributed by atoms with van der Waals surface area (Å²) >= 11 is 0. The highest BCUT2D eigenvalue weighted by Crippen LogP contribution is 2.45. The Morgan fingerprint density at radius 3 is 2.75 bits per heavy atom. The topological polar surface area (TPSA) is 73.6 Å². The van der Waals surface area contributed by atoms with E-state index in [1.807, 2.05) is 32.0 Å². The predicted molar refractivity (Wildman–Crippen MR) is 90.8 cm³/mol. The number of hydrogen-bond donors (Lipinski definition) is 1. The number of para-hydroxylation sites is 2. The van der Waals surface area contributed by atoms with Gasteiger partial charge in [0.25, 0.3) is 0 Å². The van der Waals surface area contributed by atoms with Gasteiger partial charge >= 0.3 is 5.69 Å². The lowest BCUT2D eigenvalue weighted by molar-refractivity contribution is -0.385. The van der Waals surface area contributed by atoms with Crippen LogP contribution in [0.4, 0.5) is 5.69 Å². The normalized spacial score (nSPS) is 14.8. The molecule has 1 heterocycles. The lowest BCUT2D eigenvalue weighted by atomic mass is 10.0. The molecule has 0 radical (unpaired) electrons. The maximum absolute atomic E-state index is 11.4. The Balaban J connectivity index is 2.04. The summed E-state index contributed by atoms with van der Waals surface area (Å²) in [5.74, 6) is 1.42. The van der Waals surface area contributed by atoms with Crippen LogP contribution in [0.1, 0.15) is 25.0 Å². The van der Waals surface area contributed by atoms with Crippen molar-refractivity contribution in [1.82, 2.24) is 5.32 Å². The fourth-order valence-electron chi connectivity index (χ4n) is 2.94. The molecule has 0 aliphatic carbocycles. The van der Waals surface area contributed by atoms with Gasteiger partial charge in [-0.2, -0.15) is 0 Å². The van der Waals surface area contributed by atoms with E-state index in [0.29, 0.717) is 18.0 Å². The highest BCUT2D eigenvalue weighted by atomic mass is 16.6. The van der Waals surface area contributed by atoms with Crippen molar-refractivity contribution >= 4 is 5.69 Å². The second kappa shape index (κ2) is 6.13. The van der Waals surface area contributed by atoms with Gasteiger partial charge in [0, 0.05) is 30.2 Å². The molecule has 2 aromatic rings. The zero-order chi connectivity index (χ0) is 17.3. The molecule has 0 spiro atoms. The lowest BCUT2D eigenvalue weighted by Crippen LogP contribution is -2.24. The van der Waals surface area contributed by atoms with Crippen molar-refractivity contribution < 1.29 is 14.4 Å². The first kappa shape index (κ1) is 16.3. The molecule has 0 saturated heterocycles. The zero-order valence-corrected chi connectivity index (χ0v) is 14.0. The molecule has 0 fully saturated rings. The van der Waals surface area contributed by atoms with E-state index in [0.717, 1.165) is 17.5 Å². The second-order valence-corrected chi connectivity index (χ2v) is 6.44. The van der Waals surface area contributed by atoms with Crippen LogP contribution in [0.15, 0.2) is 36.4 Å². The van der Waals surface area contributed by atoms with Gasteiger partial charge in [-0.15, -0.1) is 0 Å². The van der Waals surface area contributed by atoms with Gasteiger partial charge < -0.3 is 14.8 Å². The third-order valence-corrected chi connectivity index (χ3v) is 3.91. The van der Waals surface area contributed by atoms with Crippen molar-refractivity contribution in [2.45, 2.75) is 32.4 Å². The Kier molecular flexibility index (Phi) is 4.15. The smallest absolute Gasteiger partial charge is 0.311 e. The molecule has 0 amide bonds. The van der Waals surface area contributed by atoms with Crippen LogP contribution in [0.2, 0.25) is 0 Å². The van der Waals surface area contributed by atoms with Gasteiger partial charge in [-0.1, -0.05) is 24.3 Å². The number of benzene rings is 2. The minimum Gasteiger partial charge on any atom is -0.483 e. The van der Waals surface area contributed by atoms with Crippen molar-refractivity contribution in [2.75, 3.05) is 7.05 Å². The molecule has 0 atom stereocenters. The number of nitrogens with one attached hydrogen (secondary N) is 1. The van der Waals surface area contributed by atoms with Crippen LogP contribution in [0.5, 0.6) is 17.2 Å². The number of rotatable bonds is 5. The van der Waals surface area contributed by atoms with Crippen molar-refractivity contribution in [2.24, 2.45) is 0 Å². The van der Waals surface area contributed by atoms with E-state index in [9.17, 15) is 10.1 Å². The van der Waals surface area contributed by atoms with E-state index in [1.54, 1.807) is 19.2 Å². The molecule has 2 aromatic carbocycles. The highest BCUT2D eigenvalue weighted by Gasteiger charge is 2.33. The maximum atomic E-state index is 11.4. The molecule has 3 rings (SSSR count). The third-order valence-electron chi connectivity index (χ3n) is 3.91. The van der Waals surface area contributed by atoms with Gasteiger partial charge in [0.2, 0.25) is 5.75 Å². The van der Waals surface area contributed by atoms with Gasteiger partial charge in [-0.05, 0) is 27.0 Å². The van der Waals surface area contributed by atoms with Crippen molar-refractivity contribution in [3.63, 3.8) is 0 Å². The first-order valence-corrected chi connectivity index (χ1v) is 7.81. The summed E-state index contributed by atoms with van der Waals surface area (Å²) in [5.41, 5.74) is 1.41. The molecule has 0 unspecified atom stereocenters. The first-order valence-electron chi connectivity index (χ1n) is 7.81. The Morgan fingerprint density at radius 1 is 1.29 bits per heavy atom. The van der Waals surface area contributed by atoms with Gasteiger partial charge in [-0.25, -0.2) is 0 Å². The van der Waals surface area contributed by atoms with Crippen LogP contribution in [0, 0.1) is 10.1 Å². The average molecular weight is 328 g/mol. The molecular weight excluding hydrogens is 308 g/mol. The van der Waals surface area contributed by atoms with E-state index in [-0.39, 0.29) is 17.0 Å². The minimum atomic E-state index is -0.428. The summed E-state index contributed by atoms with van der Waals surface area (Å²) in [4.78, 5) is 11.0. The highest BCUT2D eigenvalue weighted by molar-refractivity contribution is 5.57. The summed E-state index contributed by atoms with van der Waals surface area (Å²) in [6.07, 6.45) is 0.778. The first-order chi connectivity index (χ1) is 11.4. The Hall–Kier alpha value is -2.60. The van der Waals surface area contributed by atoms with Crippen LogP contribution < -0.4 is 14.8 Å². The third kappa shape index (κ3) is 3.05. The van der Waals surface area contributed by atoms with Crippen molar-refractivity contribution in [1.29, 1.82) is 0 Å². The largest absolute Gasteiger partial charge is 0.483 e. The number of ether oxygens (including phenoxy) is 2. The van der Waals surface area contributed by atoms with E-state index < -0.39 is 4.92 Å². The van der Waals surface area contributed by atoms with E-state index in [1.165, 1.54) is 6.07 Å². The zero-order valence-electron chi connectivity index (χ0n) is 14.0. The van der Waals surface area contributed by atoms with Crippen LogP contribution in [-0.4, -0.2) is 17.6 Å². The standard InChI is InChI=1S/C18H20N2O4/c1-18(2)10-12-6-5-9-15(17(12)24-18)23-16-13(11-19-3)7-4-8-14(16)20(21)22/h4-9,19H,10-11H2,1-3H3. The summed E-state index contributed by atoms with van der Waals surface area (Å²) in [6.45, 7) is 4.49. The summed E-state index contributed by atoms with van der Waals surface area (Å²) in [5, 5.41) is 14.4. The molecule has 1 aliphatic rings. The van der Waals surface area contributed by atoms with Gasteiger partial charge in [-0.3, -0.25) is 10.1 Å². The number of nitro groups is 1. The molecule has 0 bridgehead atoms. The molecule has 0 saturated carbocycles. The van der Waals surface area contributed by atoms with Crippen molar-refractivity contribution in [3.05, 3.63) is 57.6 Å². The summed E-state index contributed by atoms with van der Waals surface area (Å²) < 4.78 is 12.0. The summed E-state index contributed by atoms with van der Waals surface area (Å²) in [7, 11) is 1.79. The molecule has 1 N–H and O–H groups in total. The predicted octanol–water partition coefficient (Wildman–Crippen LogP) is 3.82. The summed E-state index contributed by atoms with van der Waals surface area (Å²) in [6, 6.07) is 10.6. The van der Waals surface area contributed by atoms with E-state index in [2.05, 4.69) is 5.32 Å². The molecule has 0 aromatic heterocycles. The number of hydrogen-bond acceptors (Lipinski definition) is 5. The lowest BCUT2D eigenvalue weighted by Gasteiger charge is -2.18. The maximum Gasteiger partial charge on any atom is 0.311 e. The van der Waals surface area contributed by atoms with Gasteiger partial charge in [0.1, 0.15) is 5.60 Å². The monoisotopic (exact) mass is 328 g/mol. The molecule has 6 nitrogen and oxygen atoms in total. The SMILES string of the molecule is CNCc1cccc([N+](=O)[O-])c1Oc1cccc2c1OC(C)(C)C2. The fraction of sp³-hybridized carbons (Fsp3) is 0.333. The number of nitro benzene ring substituents is 1. The Labute approximate surface area is 140 Å². The van der Waals surface area contributed by atoms with Crippen LogP contribution in [0.25, 0.3) is 0 Å². The Bertz CT molecular complexity index is 787. The Morgan fingerprint density at radius 2 is 2.04 bits per heavy atom. The molecule has 126 valence electrons. The number of nitrogens with zero attached hydrogens (tertiary/aromatic N) is 1. The second-order valence-electron chi connectivity index (χ2n) is 6.44. The molecular formula is C18H20N2O4. The van der Waals surface area contributed by atoms with Crippen LogP contribution >= 0.6 is 0 Å². The van der Waals surface area contributed by atoms with Crippen molar-refractivity contribution in [3.8, 4) is 17.2 Å². The van der Waals surface area contributed by atoms with Gasteiger partial charge in [0.05, 0.1) is 4.92 Å². The molecule has 1 aliphatic heterocycles. The van der Waals surface area contributed by atoms with Gasteiger partial charge in [0.15, 0.2) is 11.5 Å². The van der Waals surface area contributed by atoms with Crippen LogP contribution in [-0.2, 0) is 13.0 Å². The minimum absolute atomic E-state index is 0.0578.